The van der Waals surface area contributed by atoms with E-state index in [4.69, 9.17) is 0 Å². The van der Waals surface area contributed by atoms with Crippen molar-refractivity contribution < 1.29 is 0 Å². The Kier molecular flexibility index (Phi) is 1.78. The molecule has 3 aromatic rings. The Morgan fingerprint density at radius 1 is 1.27 bits per heavy atom. The summed E-state index contributed by atoms with van der Waals surface area (Å²) in [5.41, 5.74) is 1.20. The van der Waals surface area contributed by atoms with Crippen LogP contribution in [0.3, 0.4) is 0 Å². The number of nitrogens with zero attached hydrogens (tertiary/aromatic N) is 4. The number of aromatic nitrogens is 4. The molecule has 0 aliphatic heterocycles. The molecule has 0 saturated carbocycles. The molecule has 3 rings (SSSR count). The first-order valence-corrected chi connectivity index (χ1v) is 5.35. The lowest BCUT2D eigenvalue weighted by Crippen LogP contribution is -1.81. The Balaban J connectivity index is 2.33. The molecule has 5 heteroatoms. The van der Waals surface area contributed by atoms with Gasteiger partial charge in [-0.05, 0) is 23.9 Å². The van der Waals surface area contributed by atoms with E-state index in [0.717, 1.165) is 4.88 Å². The van der Waals surface area contributed by atoms with E-state index in [-0.39, 0.29) is 0 Å². The third-order valence-electron chi connectivity index (χ3n) is 2.37. The van der Waals surface area contributed by atoms with Gasteiger partial charge in [0.1, 0.15) is 0 Å². The third-order valence-corrected chi connectivity index (χ3v) is 3.63. The maximum Gasteiger partial charge on any atom is 0.0500 e. The lowest BCUT2D eigenvalue weighted by molar-refractivity contribution is 0.871. The van der Waals surface area contributed by atoms with Crippen LogP contribution in [0.2, 0.25) is 0 Å². The molecular formula is C10H7N4S-. The van der Waals surface area contributed by atoms with Crippen molar-refractivity contribution in [2.75, 3.05) is 0 Å². The number of hydrogen-bond donors (Lipinski definition) is 0. The van der Waals surface area contributed by atoms with Gasteiger partial charge in [0, 0.05) is 15.4 Å². The number of rotatable bonds is 1. The van der Waals surface area contributed by atoms with E-state index in [1.807, 2.05) is 12.1 Å². The van der Waals surface area contributed by atoms with Crippen molar-refractivity contribution >= 4 is 21.4 Å². The summed E-state index contributed by atoms with van der Waals surface area (Å²) in [7, 11) is 0. The first-order chi connectivity index (χ1) is 7.36. The van der Waals surface area contributed by atoms with Gasteiger partial charge in [0.2, 0.25) is 0 Å². The predicted octanol–water partition coefficient (Wildman–Crippen LogP) is 2.02. The molecule has 0 aliphatic carbocycles. The third kappa shape index (κ3) is 1.24. The lowest BCUT2D eigenvalue weighted by Gasteiger charge is -1.96. The Morgan fingerprint density at radius 2 is 2.13 bits per heavy atom. The van der Waals surface area contributed by atoms with E-state index >= 15 is 0 Å². The van der Waals surface area contributed by atoms with Crippen LogP contribution in [0.15, 0.2) is 24.3 Å². The van der Waals surface area contributed by atoms with Crippen molar-refractivity contribution in [3.63, 3.8) is 0 Å². The van der Waals surface area contributed by atoms with Crippen molar-refractivity contribution in [2.24, 2.45) is 0 Å². The van der Waals surface area contributed by atoms with Gasteiger partial charge < -0.3 is 5.10 Å². The Hall–Kier alpha value is -1.75. The zero-order chi connectivity index (χ0) is 10.3. The zero-order valence-electron chi connectivity index (χ0n) is 8.01. The minimum absolute atomic E-state index is 0.619. The highest BCUT2D eigenvalue weighted by Gasteiger charge is 2.08. The molecule has 0 amide bonds. The maximum atomic E-state index is 3.88. The van der Waals surface area contributed by atoms with Crippen molar-refractivity contribution in [1.29, 1.82) is 0 Å². The number of benzene rings is 1. The highest BCUT2D eigenvalue weighted by Crippen LogP contribution is 2.35. The molecule has 15 heavy (non-hydrogen) atoms. The highest BCUT2D eigenvalue weighted by atomic mass is 32.1. The summed E-state index contributed by atoms with van der Waals surface area (Å²) >= 11 is 1.68. The second-order valence-electron chi connectivity index (χ2n) is 3.25. The van der Waals surface area contributed by atoms with Crippen molar-refractivity contribution in [2.45, 2.75) is 6.92 Å². The van der Waals surface area contributed by atoms with Gasteiger partial charge in [-0.2, -0.15) is 5.21 Å². The van der Waals surface area contributed by atoms with Crippen LogP contribution in [0.4, 0.5) is 0 Å². The van der Waals surface area contributed by atoms with Gasteiger partial charge in [-0.1, -0.05) is 18.2 Å². The standard InChI is InChI=1S/C10H7N4S/c1-6-7-4-2-3-5-8(7)15-9(6)10-11-13-14-12-10/h2-5H,1H3/q-1. The SMILES string of the molecule is Cc1c(-c2nnn[n-]2)sc2ccccc12. The molecule has 0 saturated heterocycles. The summed E-state index contributed by atoms with van der Waals surface area (Å²) in [5, 5.41) is 16.0. The summed E-state index contributed by atoms with van der Waals surface area (Å²) in [6.45, 7) is 2.07. The molecule has 0 fully saturated rings. The summed E-state index contributed by atoms with van der Waals surface area (Å²) in [6.07, 6.45) is 0. The molecule has 2 aromatic heterocycles. The number of aryl methyl sites for hydroxylation is 1. The average molecular weight is 215 g/mol. The van der Waals surface area contributed by atoms with E-state index in [0.29, 0.717) is 5.82 Å². The summed E-state index contributed by atoms with van der Waals surface area (Å²) in [6, 6.07) is 8.27. The number of thiophene rings is 1. The fraction of sp³-hybridized carbons (Fsp3) is 0.100. The van der Waals surface area contributed by atoms with Crippen molar-refractivity contribution in [3.05, 3.63) is 29.8 Å². The van der Waals surface area contributed by atoms with Gasteiger partial charge in [0.25, 0.3) is 0 Å². The van der Waals surface area contributed by atoms with Crippen LogP contribution in [0.25, 0.3) is 20.8 Å². The van der Waals surface area contributed by atoms with E-state index in [1.165, 1.54) is 15.6 Å². The lowest BCUT2D eigenvalue weighted by atomic mass is 10.1. The molecule has 1 aromatic carbocycles. The number of tetrazole rings is 1. The van der Waals surface area contributed by atoms with Crippen LogP contribution in [0, 0.1) is 6.92 Å². The van der Waals surface area contributed by atoms with E-state index in [1.54, 1.807) is 11.3 Å². The molecule has 0 spiro atoms. The van der Waals surface area contributed by atoms with Crippen LogP contribution in [0.1, 0.15) is 5.56 Å². The van der Waals surface area contributed by atoms with Gasteiger partial charge in [-0.15, -0.1) is 11.3 Å². The Morgan fingerprint density at radius 3 is 2.87 bits per heavy atom. The van der Waals surface area contributed by atoms with Crippen molar-refractivity contribution in [3.8, 4) is 10.7 Å². The monoisotopic (exact) mass is 215 g/mol. The minimum atomic E-state index is 0.619. The Bertz CT molecular complexity index is 597. The normalized spacial score (nSPS) is 11.0. The molecule has 0 unspecified atom stereocenters. The first kappa shape index (κ1) is 8.55. The molecule has 4 nitrogen and oxygen atoms in total. The average Bonchev–Trinajstić information content (AvgIpc) is 2.87. The second-order valence-corrected chi connectivity index (χ2v) is 4.31. The molecule has 0 bridgehead atoms. The van der Waals surface area contributed by atoms with Crippen LogP contribution in [0.5, 0.6) is 0 Å². The summed E-state index contributed by atoms with van der Waals surface area (Å²) < 4.78 is 1.25. The number of fused-ring (bicyclic) bond motifs is 1. The van der Waals surface area contributed by atoms with Crippen LogP contribution < -0.4 is 5.10 Å². The molecular weight excluding hydrogens is 208 g/mol. The molecule has 74 valence electrons. The van der Waals surface area contributed by atoms with Crippen LogP contribution >= 0.6 is 11.3 Å². The van der Waals surface area contributed by atoms with Gasteiger partial charge in [-0.3, -0.25) is 10.3 Å². The molecule has 0 atom stereocenters. The molecule has 0 radical (unpaired) electrons. The van der Waals surface area contributed by atoms with Gasteiger partial charge in [0.15, 0.2) is 0 Å². The van der Waals surface area contributed by atoms with E-state index in [9.17, 15) is 0 Å². The topological polar surface area (TPSA) is 52.8 Å². The Labute approximate surface area is 89.9 Å². The first-order valence-electron chi connectivity index (χ1n) is 4.53. The fourth-order valence-electron chi connectivity index (χ4n) is 1.62. The second kappa shape index (κ2) is 3.13. The fourth-order valence-corrected chi connectivity index (χ4v) is 2.76. The number of hydrogen-bond acceptors (Lipinski definition) is 4. The smallest absolute Gasteiger partial charge is 0.0500 e. The van der Waals surface area contributed by atoms with Crippen LogP contribution in [-0.4, -0.2) is 15.5 Å². The van der Waals surface area contributed by atoms with Gasteiger partial charge in [-0.25, -0.2) is 0 Å². The van der Waals surface area contributed by atoms with Gasteiger partial charge in [0.05, 0.1) is 0 Å². The maximum absolute atomic E-state index is 3.88. The minimum Gasteiger partial charge on any atom is -0.330 e. The summed E-state index contributed by atoms with van der Waals surface area (Å²) in [5.74, 6) is 0.619. The molecule has 2 heterocycles. The summed E-state index contributed by atoms with van der Waals surface area (Å²) in [4.78, 5) is 1.06. The quantitative estimate of drug-likeness (QED) is 0.623. The predicted molar refractivity (Wildman–Crippen MR) is 58.7 cm³/mol. The zero-order valence-corrected chi connectivity index (χ0v) is 8.82. The highest BCUT2D eigenvalue weighted by molar-refractivity contribution is 7.22. The van der Waals surface area contributed by atoms with Crippen LogP contribution in [-0.2, 0) is 0 Å². The van der Waals surface area contributed by atoms with E-state index in [2.05, 4.69) is 39.7 Å². The van der Waals surface area contributed by atoms with Gasteiger partial charge >= 0.3 is 0 Å². The molecule has 0 N–H and O–H groups in total. The molecule has 0 aliphatic rings. The largest absolute Gasteiger partial charge is 0.330 e. The van der Waals surface area contributed by atoms with E-state index < -0.39 is 0 Å². The van der Waals surface area contributed by atoms with Crippen molar-refractivity contribution in [1.82, 2.24) is 20.6 Å².